The van der Waals surface area contributed by atoms with E-state index in [9.17, 15) is 0 Å². The minimum absolute atomic E-state index is 0.283. The molecule has 15 heavy (non-hydrogen) atoms. The third kappa shape index (κ3) is 24.8. The van der Waals surface area contributed by atoms with Gasteiger partial charge in [0.2, 0.25) is 0 Å². The van der Waals surface area contributed by atoms with Gasteiger partial charge in [-0.2, -0.15) is 0 Å². The minimum Gasteiger partial charge on any atom is -0.396 e. The van der Waals surface area contributed by atoms with Crippen LogP contribution in [0.1, 0.15) is 52.4 Å². The first kappa shape index (κ1) is 17.3. The Morgan fingerprint density at radius 3 is 1.67 bits per heavy atom. The van der Waals surface area contributed by atoms with Gasteiger partial charge in [0.25, 0.3) is 0 Å². The van der Waals surface area contributed by atoms with Crippen molar-refractivity contribution in [2.75, 3.05) is 26.4 Å². The van der Waals surface area contributed by atoms with Crippen LogP contribution in [0.2, 0.25) is 0 Å². The minimum atomic E-state index is 0.283. The first-order valence-corrected chi connectivity index (χ1v) is 6.12. The van der Waals surface area contributed by atoms with E-state index in [0.29, 0.717) is 0 Å². The summed E-state index contributed by atoms with van der Waals surface area (Å²) in [5.41, 5.74) is 0. The van der Waals surface area contributed by atoms with E-state index in [1.54, 1.807) is 0 Å². The number of ether oxygens (including phenoxy) is 1. The smallest absolute Gasteiger partial charge is 0.0465 e. The second-order valence-corrected chi connectivity index (χ2v) is 3.41. The summed E-state index contributed by atoms with van der Waals surface area (Å²) >= 11 is 0. The van der Waals surface area contributed by atoms with Crippen molar-refractivity contribution in [3.8, 4) is 0 Å². The first-order chi connectivity index (χ1) is 7.33. The molecule has 0 aromatic carbocycles. The van der Waals surface area contributed by atoms with Gasteiger partial charge >= 0.3 is 0 Å². The lowest BCUT2D eigenvalue weighted by atomic mass is 10.2. The Morgan fingerprint density at radius 1 is 0.800 bits per heavy atom. The van der Waals surface area contributed by atoms with Crippen LogP contribution >= 0.6 is 0 Å². The maximum absolute atomic E-state index is 8.30. The largest absolute Gasteiger partial charge is 0.396 e. The quantitative estimate of drug-likeness (QED) is 0.586. The average Bonchev–Trinajstić information content (AvgIpc) is 2.26. The Bertz CT molecular complexity index is 76.9. The van der Waals surface area contributed by atoms with Crippen molar-refractivity contribution in [3.05, 3.63) is 0 Å². The fourth-order valence-corrected chi connectivity index (χ4v) is 0.968. The van der Waals surface area contributed by atoms with E-state index in [1.807, 2.05) is 6.92 Å². The van der Waals surface area contributed by atoms with Crippen molar-refractivity contribution < 1.29 is 14.9 Å². The molecule has 0 saturated carbocycles. The zero-order valence-corrected chi connectivity index (χ0v) is 10.4. The summed E-state index contributed by atoms with van der Waals surface area (Å²) < 4.78 is 5.07. The fourth-order valence-electron chi connectivity index (χ4n) is 0.968. The highest BCUT2D eigenvalue weighted by atomic mass is 16.5. The van der Waals surface area contributed by atoms with Crippen molar-refractivity contribution in [2.45, 2.75) is 52.4 Å². The number of aliphatic hydroxyl groups is 2. The lowest BCUT2D eigenvalue weighted by Gasteiger charge is -1.94. The molecule has 0 aliphatic carbocycles. The number of aliphatic hydroxyl groups excluding tert-OH is 2. The van der Waals surface area contributed by atoms with Crippen LogP contribution in [0.3, 0.4) is 0 Å². The molecule has 0 aliphatic heterocycles. The fraction of sp³-hybridized carbons (Fsp3) is 1.00. The summed E-state index contributed by atoms with van der Waals surface area (Å²) in [6.45, 7) is 6.55. The number of unbranched alkanes of at least 4 members (excludes halogenated alkanes) is 4. The van der Waals surface area contributed by atoms with Gasteiger partial charge in [-0.05, 0) is 26.2 Å². The summed E-state index contributed by atoms with van der Waals surface area (Å²) in [6, 6.07) is 0. The summed E-state index contributed by atoms with van der Waals surface area (Å²) in [5.74, 6) is 0. The molecular formula is C12H28O3. The Labute approximate surface area is 94.5 Å². The molecule has 0 radical (unpaired) electrons. The topological polar surface area (TPSA) is 49.7 Å². The summed E-state index contributed by atoms with van der Waals surface area (Å²) in [5, 5.41) is 16.6. The average molecular weight is 220 g/mol. The molecule has 0 fully saturated rings. The highest BCUT2D eigenvalue weighted by Gasteiger charge is 1.84. The molecule has 3 nitrogen and oxygen atoms in total. The SMILES string of the molecule is CCCCOCC.OCCCCCCO. The van der Waals surface area contributed by atoms with Gasteiger partial charge in [-0.3, -0.25) is 0 Å². The molecule has 3 heteroatoms. The maximum atomic E-state index is 8.30. The van der Waals surface area contributed by atoms with Gasteiger partial charge in [-0.1, -0.05) is 26.2 Å². The molecule has 0 aromatic rings. The van der Waals surface area contributed by atoms with Crippen molar-refractivity contribution in [1.82, 2.24) is 0 Å². The predicted octanol–water partition coefficient (Wildman–Crippen LogP) is 2.35. The van der Waals surface area contributed by atoms with Gasteiger partial charge in [0.05, 0.1) is 0 Å². The van der Waals surface area contributed by atoms with Crippen LogP contribution in [0.5, 0.6) is 0 Å². The summed E-state index contributed by atoms with van der Waals surface area (Å²) in [4.78, 5) is 0. The van der Waals surface area contributed by atoms with Crippen LogP contribution in [0.4, 0.5) is 0 Å². The van der Waals surface area contributed by atoms with Gasteiger partial charge < -0.3 is 14.9 Å². The number of rotatable bonds is 9. The van der Waals surface area contributed by atoms with E-state index < -0.39 is 0 Å². The van der Waals surface area contributed by atoms with Crippen LogP contribution in [0, 0.1) is 0 Å². The number of hydrogen-bond donors (Lipinski definition) is 2. The molecule has 0 unspecified atom stereocenters. The molecule has 0 aromatic heterocycles. The van der Waals surface area contributed by atoms with Gasteiger partial charge in [0.1, 0.15) is 0 Å². The normalized spacial score (nSPS) is 9.60. The van der Waals surface area contributed by atoms with Crippen LogP contribution < -0.4 is 0 Å². The molecule has 0 heterocycles. The lowest BCUT2D eigenvalue weighted by Crippen LogP contribution is -1.90. The Morgan fingerprint density at radius 2 is 1.33 bits per heavy atom. The van der Waals surface area contributed by atoms with E-state index in [4.69, 9.17) is 14.9 Å². The maximum Gasteiger partial charge on any atom is 0.0465 e. The standard InChI is InChI=1S/C6H14O2.C6H14O/c7-5-3-1-2-4-6-8;1-3-5-6-7-4-2/h7-8H,1-6H2;3-6H2,1-2H3. The van der Waals surface area contributed by atoms with Crippen LogP contribution in [-0.4, -0.2) is 36.6 Å². The van der Waals surface area contributed by atoms with Gasteiger partial charge in [-0.15, -0.1) is 0 Å². The van der Waals surface area contributed by atoms with E-state index >= 15 is 0 Å². The van der Waals surface area contributed by atoms with Crippen molar-refractivity contribution >= 4 is 0 Å². The third-order valence-electron chi connectivity index (χ3n) is 1.91. The van der Waals surface area contributed by atoms with E-state index in [2.05, 4.69) is 6.92 Å². The second kappa shape index (κ2) is 19.5. The highest BCUT2D eigenvalue weighted by molar-refractivity contribution is 4.39. The zero-order chi connectivity index (χ0) is 11.8. The molecule has 0 amide bonds. The van der Waals surface area contributed by atoms with E-state index in [-0.39, 0.29) is 13.2 Å². The Hall–Kier alpha value is -0.120. The lowest BCUT2D eigenvalue weighted by molar-refractivity contribution is 0.144. The predicted molar refractivity (Wildman–Crippen MR) is 64.0 cm³/mol. The third-order valence-corrected chi connectivity index (χ3v) is 1.91. The van der Waals surface area contributed by atoms with Crippen LogP contribution in [0.15, 0.2) is 0 Å². The Balaban J connectivity index is 0. The van der Waals surface area contributed by atoms with Crippen molar-refractivity contribution in [3.63, 3.8) is 0 Å². The van der Waals surface area contributed by atoms with Gasteiger partial charge in [0.15, 0.2) is 0 Å². The van der Waals surface area contributed by atoms with E-state index in [1.165, 1.54) is 12.8 Å². The molecule has 0 rings (SSSR count). The summed E-state index contributed by atoms with van der Waals surface area (Å²) in [6.07, 6.45) is 6.27. The monoisotopic (exact) mass is 220 g/mol. The van der Waals surface area contributed by atoms with Gasteiger partial charge in [0, 0.05) is 26.4 Å². The van der Waals surface area contributed by atoms with Crippen LogP contribution in [0.25, 0.3) is 0 Å². The first-order valence-electron chi connectivity index (χ1n) is 6.12. The summed E-state index contributed by atoms with van der Waals surface area (Å²) in [7, 11) is 0. The molecular weight excluding hydrogens is 192 g/mol. The molecule has 0 bridgehead atoms. The molecule has 0 spiro atoms. The molecule has 0 aliphatic rings. The Kier molecular flexibility index (Phi) is 22.4. The number of hydrogen-bond acceptors (Lipinski definition) is 3. The highest BCUT2D eigenvalue weighted by Crippen LogP contribution is 1.96. The molecule has 94 valence electrons. The van der Waals surface area contributed by atoms with Crippen molar-refractivity contribution in [1.29, 1.82) is 0 Å². The van der Waals surface area contributed by atoms with Crippen LogP contribution in [-0.2, 0) is 4.74 Å². The molecule has 0 atom stereocenters. The molecule has 0 saturated heterocycles. The van der Waals surface area contributed by atoms with E-state index in [0.717, 1.165) is 38.9 Å². The van der Waals surface area contributed by atoms with Gasteiger partial charge in [-0.25, -0.2) is 0 Å². The zero-order valence-electron chi connectivity index (χ0n) is 10.4. The second-order valence-electron chi connectivity index (χ2n) is 3.41. The molecule has 2 N–H and O–H groups in total. The van der Waals surface area contributed by atoms with Crippen molar-refractivity contribution in [2.24, 2.45) is 0 Å².